The maximum Gasteiger partial charge on any atom is 0.234 e. The summed E-state index contributed by atoms with van der Waals surface area (Å²) < 4.78 is 0. The maximum absolute atomic E-state index is 11.6. The number of benzene rings is 1. The number of nitrogens with one attached hydrogen (secondary N) is 2. The molecule has 4 heteroatoms. The zero-order valence-corrected chi connectivity index (χ0v) is 10.6. The Hall–Kier alpha value is -1.06. The minimum atomic E-state index is -0.0118. The highest BCUT2D eigenvalue weighted by atomic mass is 35.5. The summed E-state index contributed by atoms with van der Waals surface area (Å²) in [6.45, 7) is 2.36. The molecule has 0 heterocycles. The first-order chi connectivity index (χ1) is 8.15. The van der Waals surface area contributed by atoms with Gasteiger partial charge < -0.3 is 10.6 Å². The summed E-state index contributed by atoms with van der Waals surface area (Å²) >= 11 is 5.91. The van der Waals surface area contributed by atoms with Crippen LogP contribution in [0, 0.1) is 0 Å². The lowest BCUT2D eigenvalue weighted by Crippen LogP contribution is -2.36. The molecule has 92 valence electrons. The van der Waals surface area contributed by atoms with E-state index in [0.29, 0.717) is 17.6 Å². The summed E-state index contributed by atoms with van der Waals surface area (Å²) in [4.78, 5) is 11.6. The van der Waals surface area contributed by atoms with Crippen LogP contribution in [-0.2, 0) is 4.79 Å². The molecule has 0 spiro atoms. The zero-order chi connectivity index (χ0) is 12.3. The molecular formula is C13H17ClN2O. The first-order valence-electron chi connectivity index (χ1n) is 5.93. The van der Waals surface area contributed by atoms with Crippen LogP contribution in [0.3, 0.4) is 0 Å². The molecule has 0 saturated heterocycles. The number of carbonyl (C=O) groups excluding carboxylic acids is 1. The fraction of sp³-hybridized carbons (Fsp3) is 0.462. The second-order valence-electron chi connectivity index (χ2n) is 4.50. The molecular weight excluding hydrogens is 236 g/mol. The van der Waals surface area contributed by atoms with Crippen LogP contribution < -0.4 is 10.6 Å². The molecule has 1 aliphatic rings. The third-order valence-corrected chi connectivity index (χ3v) is 3.09. The summed E-state index contributed by atoms with van der Waals surface area (Å²) in [7, 11) is 0. The lowest BCUT2D eigenvalue weighted by Gasteiger charge is -2.14. The van der Waals surface area contributed by atoms with Crippen molar-refractivity contribution in [1.29, 1.82) is 0 Å². The van der Waals surface area contributed by atoms with Crippen molar-refractivity contribution < 1.29 is 4.79 Å². The lowest BCUT2D eigenvalue weighted by molar-refractivity contribution is -0.120. The monoisotopic (exact) mass is 252 g/mol. The van der Waals surface area contributed by atoms with Crippen molar-refractivity contribution in [2.24, 2.45) is 0 Å². The highest BCUT2D eigenvalue weighted by molar-refractivity contribution is 6.30. The minimum absolute atomic E-state index is 0.0118. The molecule has 17 heavy (non-hydrogen) atoms. The maximum atomic E-state index is 11.6. The van der Waals surface area contributed by atoms with Crippen molar-refractivity contribution in [2.45, 2.75) is 31.8 Å². The van der Waals surface area contributed by atoms with Gasteiger partial charge in [0.25, 0.3) is 0 Å². The molecule has 0 aliphatic heterocycles. The molecule has 0 radical (unpaired) electrons. The fourth-order valence-electron chi connectivity index (χ4n) is 1.68. The van der Waals surface area contributed by atoms with Crippen LogP contribution in [0.4, 0.5) is 0 Å². The van der Waals surface area contributed by atoms with Gasteiger partial charge in [-0.15, -0.1) is 0 Å². The first-order valence-corrected chi connectivity index (χ1v) is 6.31. The van der Waals surface area contributed by atoms with E-state index in [1.54, 1.807) is 0 Å². The summed E-state index contributed by atoms with van der Waals surface area (Å²) in [5, 5.41) is 6.83. The van der Waals surface area contributed by atoms with Crippen LogP contribution in [0.2, 0.25) is 5.02 Å². The number of halogens is 1. The van der Waals surface area contributed by atoms with E-state index in [9.17, 15) is 4.79 Å². The molecule has 2 rings (SSSR count). The topological polar surface area (TPSA) is 41.1 Å². The quantitative estimate of drug-likeness (QED) is 0.844. The van der Waals surface area contributed by atoms with Gasteiger partial charge in [-0.25, -0.2) is 0 Å². The highest BCUT2D eigenvalue weighted by Crippen LogP contribution is 2.19. The summed E-state index contributed by atoms with van der Waals surface area (Å²) in [6, 6.07) is 8.10. The van der Waals surface area contributed by atoms with Gasteiger partial charge in [0.05, 0.1) is 12.6 Å². The Morgan fingerprint density at radius 1 is 1.53 bits per heavy atom. The van der Waals surface area contributed by atoms with Crippen LogP contribution >= 0.6 is 11.6 Å². The predicted octanol–water partition coefficient (Wildman–Crippen LogP) is 2.27. The standard InChI is InChI=1S/C13H17ClN2O/c1-9(10-3-2-4-11(14)7-10)16-13(17)8-15-12-5-6-12/h2-4,7,9,12,15H,5-6,8H2,1H3,(H,16,17). The van der Waals surface area contributed by atoms with E-state index in [-0.39, 0.29) is 11.9 Å². The average Bonchev–Trinajstić information content (AvgIpc) is 3.10. The Kier molecular flexibility index (Phi) is 4.02. The van der Waals surface area contributed by atoms with Gasteiger partial charge in [-0.05, 0) is 37.5 Å². The third-order valence-electron chi connectivity index (χ3n) is 2.85. The Morgan fingerprint density at radius 2 is 2.29 bits per heavy atom. The van der Waals surface area contributed by atoms with Gasteiger partial charge in [0.2, 0.25) is 5.91 Å². The molecule has 1 saturated carbocycles. The molecule has 1 amide bonds. The van der Waals surface area contributed by atoms with Crippen molar-refractivity contribution in [3.8, 4) is 0 Å². The van der Waals surface area contributed by atoms with Crippen molar-refractivity contribution in [2.75, 3.05) is 6.54 Å². The van der Waals surface area contributed by atoms with E-state index < -0.39 is 0 Å². The van der Waals surface area contributed by atoms with Gasteiger partial charge >= 0.3 is 0 Å². The normalized spacial score (nSPS) is 16.6. The summed E-state index contributed by atoms with van der Waals surface area (Å²) in [6.07, 6.45) is 2.38. The van der Waals surface area contributed by atoms with Crippen LogP contribution in [0.15, 0.2) is 24.3 Å². The summed E-state index contributed by atoms with van der Waals surface area (Å²) in [5.41, 5.74) is 1.03. The Balaban J connectivity index is 1.82. The Labute approximate surface area is 107 Å². The van der Waals surface area contributed by atoms with E-state index in [4.69, 9.17) is 11.6 Å². The molecule has 1 aliphatic carbocycles. The van der Waals surface area contributed by atoms with E-state index in [1.165, 1.54) is 12.8 Å². The molecule has 0 aromatic heterocycles. The molecule has 2 N–H and O–H groups in total. The number of hydrogen-bond acceptors (Lipinski definition) is 2. The van der Waals surface area contributed by atoms with Gasteiger partial charge in [0.15, 0.2) is 0 Å². The fourth-order valence-corrected chi connectivity index (χ4v) is 1.87. The summed E-state index contributed by atoms with van der Waals surface area (Å²) in [5.74, 6) is 0.0318. The smallest absolute Gasteiger partial charge is 0.234 e. The second-order valence-corrected chi connectivity index (χ2v) is 4.94. The van der Waals surface area contributed by atoms with Gasteiger partial charge in [-0.1, -0.05) is 23.7 Å². The SMILES string of the molecule is CC(NC(=O)CNC1CC1)c1cccc(Cl)c1. The predicted molar refractivity (Wildman–Crippen MR) is 69.0 cm³/mol. The number of hydrogen-bond donors (Lipinski definition) is 2. The molecule has 1 unspecified atom stereocenters. The number of carbonyl (C=O) groups is 1. The number of amides is 1. The molecule has 1 aromatic carbocycles. The third kappa shape index (κ3) is 4.02. The zero-order valence-electron chi connectivity index (χ0n) is 9.87. The minimum Gasteiger partial charge on any atom is -0.348 e. The van der Waals surface area contributed by atoms with Crippen LogP contribution in [0.25, 0.3) is 0 Å². The number of rotatable bonds is 5. The van der Waals surface area contributed by atoms with Crippen LogP contribution in [-0.4, -0.2) is 18.5 Å². The van der Waals surface area contributed by atoms with Gasteiger partial charge in [-0.3, -0.25) is 4.79 Å². The molecule has 0 bridgehead atoms. The van der Waals surface area contributed by atoms with Crippen molar-refractivity contribution >= 4 is 17.5 Å². The van der Waals surface area contributed by atoms with E-state index in [2.05, 4.69) is 10.6 Å². The van der Waals surface area contributed by atoms with Gasteiger partial charge in [0, 0.05) is 11.1 Å². The van der Waals surface area contributed by atoms with E-state index >= 15 is 0 Å². The molecule has 1 atom stereocenters. The van der Waals surface area contributed by atoms with Crippen molar-refractivity contribution in [3.05, 3.63) is 34.9 Å². The van der Waals surface area contributed by atoms with E-state index in [1.807, 2.05) is 31.2 Å². The molecule has 3 nitrogen and oxygen atoms in total. The van der Waals surface area contributed by atoms with Gasteiger partial charge in [0.1, 0.15) is 0 Å². The second kappa shape index (κ2) is 5.52. The average molecular weight is 253 g/mol. The lowest BCUT2D eigenvalue weighted by atomic mass is 10.1. The van der Waals surface area contributed by atoms with E-state index in [0.717, 1.165) is 5.56 Å². The van der Waals surface area contributed by atoms with Crippen LogP contribution in [0.5, 0.6) is 0 Å². The molecule has 1 aromatic rings. The molecule has 1 fully saturated rings. The van der Waals surface area contributed by atoms with Crippen LogP contribution in [0.1, 0.15) is 31.4 Å². The Bertz CT molecular complexity index is 404. The van der Waals surface area contributed by atoms with Gasteiger partial charge in [-0.2, -0.15) is 0 Å². The largest absolute Gasteiger partial charge is 0.348 e. The Morgan fingerprint density at radius 3 is 2.94 bits per heavy atom. The first kappa shape index (κ1) is 12.4. The highest BCUT2D eigenvalue weighted by Gasteiger charge is 2.21. The van der Waals surface area contributed by atoms with Crippen molar-refractivity contribution in [3.63, 3.8) is 0 Å². The van der Waals surface area contributed by atoms with Crippen molar-refractivity contribution in [1.82, 2.24) is 10.6 Å².